The molecule has 0 aliphatic rings. The number of carbonyl (C=O) groups excluding carboxylic acids is 1. The predicted octanol–water partition coefficient (Wildman–Crippen LogP) is 1.69. The van der Waals surface area contributed by atoms with Crippen molar-refractivity contribution in [3.05, 3.63) is 64.9 Å². The highest BCUT2D eigenvalue weighted by Gasteiger charge is 2.12. The van der Waals surface area contributed by atoms with Crippen LogP contribution in [-0.2, 0) is 11.3 Å². The number of ether oxygens (including phenoxy) is 1. The normalized spacial score (nSPS) is 11.8. The van der Waals surface area contributed by atoms with Crippen LogP contribution in [0.15, 0.2) is 48.5 Å². The Morgan fingerprint density at radius 3 is 2.62 bits per heavy atom. The molecule has 6 heteroatoms. The van der Waals surface area contributed by atoms with Gasteiger partial charge in [0.2, 0.25) is 0 Å². The first-order valence-corrected chi connectivity index (χ1v) is 8.12. The van der Waals surface area contributed by atoms with Crippen molar-refractivity contribution < 1.29 is 18.8 Å². The summed E-state index contributed by atoms with van der Waals surface area (Å²) < 4.78 is 19.1. The minimum Gasteiger partial charge on any atom is -0.492 e. The van der Waals surface area contributed by atoms with Gasteiger partial charge in [0.05, 0.1) is 13.6 Å². The van der Waals surface area contributed by atoms with E-state index >= 15 is 0 Å². The minimum atomic E-state index is -0.242. The zero-order valence-corrected chi connectivity index (χ0v) is 14.3. The third-order valence-electron chi connectivity index (χ3n) is 3.42. The molecule has 2 aromatic rings. The van der Waals surface area contributed by atoms with Crippen LogP contribution in [-0.4, -0.2) is 32.7 Å². The highest BCUT2D eigenvalue weighted by atomic mass is 35.5. The Labute approximate surface area is 146 Å². The Kier molecular flexibility index (Phi) is 7.03. The van der Waals surface area contributed by atoms with Crippen LogP contribution in [0, 0.1) is 5.82 Å². The van der Waals surface area contributed by atoms with E-state index in [4.69, 9.17) is 16.3 Å². The summed E-state index contributed by atoms with van der Waals surface area (Å²) in [6.45, 7) is 1.52. The van der Waals surface area contributed by atoms with Gasteiger partial charge < -0.3 is 15.0 Å². The zero-order valence-electron chi connectivity index (χ0n) is 13.5. The molecule has 0 aromatic heterocycles. The summed E-state index contributed by atoms with van der Waals surface area (Å²) in [5.41, 5.74) is 0.605. The van der Waals surface area contributed by atoms with Crippen LogP contribution in [0.1, 0.15) is 5.56 Å². The third-order valence-corrected chi connectivity index (χ3v) is 3.67. The maximum Gasteiger partial charge on any atom is 0.275 e. The number of nitrogens with one attached hydrogen (secondary N) is 2. The van der Waals surface area contributed by atoms with Gasteiger partial charge in [-0.15, -0.1) is 0 Å². The van der Waals surface area contributed by atoms with Gasteiger partial charge in [-0.1, -0.05) is 29.8 Å². The Hall–Kier alpha value is -2.11. The number of hydrogen-bond acceptors (Lipinski definition) is 2. The summed E-state index contributed by atoms with van der Waals surface area (Å²) in [6.07, 6.45) is 0. The van der Waals surface area contributed by atoms with Gasteiger partial charge in [-0.05, 0) is 30.3 Å². The Bertz CT molecular complexity index is 664. The van der Waals surface area contributed by atoms with Crippen LogP contribution >= 0.6 is 11.6 Å². The number of quaternary nitrogens is 1. The second-order valence-electron chi connectivity index (χ2n) is 5.55. The van der Waals surface area contributed by atoms with Crippen molar-refractivity contribution in [3.63, 3.8) is 0 Å². The molecule has 0 saturated carbocycles. The van der Waals surface area contributed by atoms with Crippen LogP contribution in [0.3, 0.4) is 0 Å². The summed E-state index contributed by atoms with van der Waals surface area (Å²) in [5.74, 6) is 0.369. The molecular weight excluding hydrogens is 331 g/mol. The van der Waals surface area contributed by atoms with E-state index < -0.39 is 0 Å². The lowest BCUT2D eigenvalue weighted by molar-refractivity contribution is -0.885. The van der Waals surface area contributed by atoms with Crippen molar-refractivity contribution in [2.24, 2.45) is 0 Å². The second kappa shape index (κ2) is 9.25. The van der Waals surface area contributed by atoms with Crippen molar-refractivity contribution in [1.82, 2.24) is 5.32 Å². The van der Waals surface area contributed by atoms with Crippen molar-refractivity contribution in [2.75, 3.05) is 26.7 Å². The fourth-order valence-corrected chi connectivity index (χ4v) is 2.38. The monoisotopic (exact) mass is 351 g/mol. The summed E-state index contributed by atoms with van der Waals surface area (Å²) in [6, 6.07) is 13.6. The van der Waals surface area contributed by atoms with Gasteiger partial charge in [0.1, 0.15) is 24.7 Å². The lowest BCUT2D eigenvalue weighted by atomic mass is 10.2. The molecule has 2 N–H and O–H groups in total. The zero-order chi connectivity index (χ0) is 17.4. The first-order valence-electron chi connectivity index (χ1n) is 7.74. The van der Waals surface area contributed by atoms with Gasteiger partial charge in [-0.3, -0.25) is 4.79 Å². The van der Waals surface area contributed by atoms with Crippen LogP contribution in [0.4, 0.5) is 4.39 Å². The molecule has 0 fully saturated rings. The molecule has 4 nitrogen and oxygen atoms in total. The maximum absolute atomic E-state index is 13.6. The SMILES string of the molecule is C[NH+](CC(=O)NCCOc1ccc(Cl)cc1)Cc1ccccc1F. The van der Waals surface area contributed by atoms with Crippen LogP contribution in [0.25, 0.3) is 0 Å². The van der Waals surface area contributed by atoms with E-state index in [1.807, 2.05) is 7.05 Å². The Morgan fingerprint density at radius 1 is 1.21 bits per heavy atom. The van der Waals surface area contributed by atoms with Gasteiger partial charge in [0.15, 0.2) is 6.54 Å². The molecule has 2 aromatic carbocycles. The number of halogens is 2. The Balaban J connectivity index is 1.65. The number of amides is 1. The number of rotatable bonds is 8. The average Bonchev–Trinajstić information content (AvgIpc) is 2.55. The number of likely N-dealkylation sites (N-methyl/N-ethyl adjacent to an activating group) is 1. The van der Waals surface area contributed by atoms with Gasteiger partial charge in [0, 0.05) is 10.6 Å². The first kappa shape index (κ1) is 18.2. The van der Waals surface area contributed by atoms with E-state index in [-0.39, 0.29) is 18.3 Å². The standard InChI is InChI=1S/C18H20ClFN2O2/c1-22(12-14-4-2-3-5-17(14)20)13-18(23)21-10-11-24-16-8-6-15(19)7-9-16/h2-9H,10-13H2,1H3,(H,21,23)/p+1. The number of hydrogen-bond donors (Lipinski definition) is 2. The van der Waals surface area contributed by atoms with Crippen molar-refractivity contribution >= 4 is 17.5 Å². The van der Waals surface area contributed by atoms with E-state index in [0.717, 1.165) is 4.90 Å². The molecule has 0 aliphatic carbocycles. The maximum atomic E-state index is 13.6. The lowest BCUT2D eigenvalue weighted by Gasteiger charge is -2.14. The van der Waals surface area contributed by atoms with Gasteiger partial charge in [-0.2, -0.15) is 0 Å². The van der Waals surface area contributed by atoms with E-state index in [9.17, 15) is 9.18 Å². The quantitative estimate of drug-likeness (QED) is 0.711. The molecule has 1 unspecified atom stereocenters. The second-order valence-corrected chi connectivity index (χ2v) is 5.99. The molecule has 1 atom stereocenters. The lowest BCUT2D eigenvalue weighted by Crippen LogP contribution is -3.09. The molecule has 0 bridgehead atoms. The first-order chi connectivity index (χ1) is 11.5. The van der Waals surface area contributed by atoms with E-state index in [2.05, 4.69) is 5.32 Å². The van der Waals surface area contributed by atoms with Gasteiger partial charge in [-0.25, -0.2) is 4.39 Å². The van der Waals surface area contributed by atoms with Crippen LogP contribution in [0.2, 0.25) is 5.02 Å². The summed E-state index contributed by atoms with van der Waals surface area (Å²) >= 11 is 5.79. The fourth-order valence-electron chi connectivity index (χ4n) is 2.26. The summed E-state index contributed by atoms with van der Waals surface area (Å²) in [4.78, 5) is 12.8. The van der Waals surface area contributed by atoms with Crippen LogP contribution < -0.4 is 15.0 Å². The molecule has 1 amide bonds. The highest BCUT2D eigenvalue weighted by molar-refractivity contribution is 6.30. The van der Waals surface area contributed by atoms with Crippen molar-refractivity contribution in [3.8, 4) is 5.75 Å². The van der Waals surface area contributed by atoms with Crippen molar-refractivity contribution in [2.45, 2.75) is 6.54 Å². The third kappa shape index (κ3) is 6.18. The summed E-state index contributed by atoms with van der Waals surface area (Å²) in [5, 5.41) is 3.44. The molecule has 2 rings (SSSR count). The molecule has 24 heavy (non-hydrogen) atoms. The molecule has 0 heterocycles. The van der Waals surface area contributed by atoms with Gasteiger partial charge in [0.25, 0.3) is 5.91 Å². The highest BCUT2D eigenvalue weighted by Crippen LogP contribution is 2.15. The largest absolute Gasteiger partial charge is 0.492 e. The number of carbonyl (C=O) groups is 1. The molecule has 128 valence electrons. The molecule has 0 saturated heterocycles. The van der Waals surface area contributed by atoms with E-state index in [1.165, 1.54) is 6.07 Å². The average molecular weight is 352 g/mol. The van der Waals surface area contributed by atoms with Crippen molar-refractivity contribution in [1.29, 1.82) is 0 Å². The predicted molar refractivity (Wildman–Crippen MR) is 91.8 cm³/mol. The smallest absolute Gasteiger partial charge is 0.275 e. The number of benzene rings is 2. The topological polar surface area (TPSA) is 42.8 Å². The minimum absolute atomic E-state index is 0.0939. The molecule has 0 aliphatic heterocycles. The Morgan fingerprint density at radius 2 is 1.92 bits per heavy atom. The molecular formula is C18H21ClFN2O2+. The van der Waals surface area contributed by atoms with Crippen LogP contribution in [0.5, 0.6) is 5.75 Å². The summed E-state index contributed by atoms with van der Waals surface area (Å²) in [7, 11) is 1.86. The van der Waals surface area contributed by atoms with E-state index in [0.29, 0.717) is 36.0 Å². The molecule has 0 spiro atoms. The van der Waals surface area contributed by atoms with Gasteiger partial charge >= 0.3 is 0 Å². The van der Waals surface area contributed by atoms with E-state index in [1.54, 1.807) is 42.5 Å². The fraction of sp³-hybridized carbons (Fsp3) is 0.278. The molecule has 0 radical (unpaired) electrons.